The second-order valence-corrected chi connectivity index (χ2v) is 8.59. The Kier molecular flexibility index (Phi) is 9.53. The molecule has 0 aliphatic rings. The molecule has 4 N–H and O–H groups in total. The smallest absolute Gasteiger partial charge is 0.414 e. The van der Waals surface area contributed by atoms with E-state index in [1.54, 1.807) is 6.07 Å². The van der Waals surface area contributed by atoms with Crippen LogP contribution in [-0.4, -0.2) is 54.3 Å². The van der Waals surface area contributed by atoms with Gasteiger partial charge in [0.25, 0.3) is 5.92 Å². The fraction of sp³-hybridized carbons (Fsp3) is 0.292. The van der Waals surface area contributed by atoms with Crippen LogP contribution in [0.25, 0.3) is 11.3 Å². The molecular formula is C24H24ClF4N5O4. The van der Waals surface area contributed by atoms with Crippen molar-refractivity contribution in [2.45, 2.75) is 24.9 Å². The Hall–Kier alpha value is -3.84. The molecule has 9 nitrogen and oxygen atoms in total. The monoisotopic (exact) mass is 557 g/mol. The highest BCUT2D eigenvalue weighted by Gasteiger charge is 2.35. The first-order valence-electron chi connectivity index (χ1n) is 11.2. The number of rotatable bonds is 10. The third-order valence-electron chi connectivity index (χ3n) is 5.43. The number of hydrogen-bond acceptors (Lipinski definition) is 6. The number of ether oxygens (including phenoxy) is 1. The molecule has 3 rings (SSSR count). The quantitative estimate of drug-likeness (QED) is 0.301. The largest absolute Gasteiger partial charge is 0.447 e. The zero-order chi connectivity index (χ0) is 27.9. The van der Waals surface area contributed by atoms with Gasteiger partial charge in [0.05, 0.1) is 17.6 Å². The van der Waals surface area contributed by atoms with E-state index in [9.17, 15) is 27.2 Å². The Bertz CT molecular complexity index is 1280. The van der Waals surface area contributed by atoms with E-state index in [0.29, 0.717) is 5.56 Å². The molecule has 0 aliphatic heterocycles. The van der Waals surface area contributed by atoms with E-state index in [2.05, 4.69) is 15.8 Å². The van der Waals surface area contributed by atoms with Gasteiger partial charge in [0, 0.05) is 31.6 Å². The van der Waals surface area contributed by atoms with E-state index in [4.69, 9.17) is 26.6 Å². The predicted molar refractivity (Wildman–Crippen MR) is 131 cm³/mol. The van der Waals surface area contributed by atoms with Crippen molar-refractivity contribution < 1.29 is 36.4 Å². The van der Waals surface area contributed by atoms with E-state index in [-0.39, 0.29) is 28.7 Å². The van der Waals surface area contributed by atoms with E-state index in [1.807, 2.05) is 0 Å². The van der Waals surface area contributed by atoms with Crippen LogP contribution < -0.4 is 16.4 Å². The van der Waals surface area contributed by atoms with Gasteiger partial charge < -0.3 is 25.2 Å². The van der Waals surface area contributed by atoms with Gasteiger partial charge in [-0.25, -0.2) is 27.2 Å². The lowest BCUT2D eigenvalue weighted by molar-refractivity contribution is -0.0260. The van der Waals surface area contributed by atoms with Crippen LogP contribution in [0.2, 0.25) is 5.02 Å². The third kappa shape index (κ3) is 7.83. The highest BCUT2D eigenvalue weighted by Crippen LogP contribution is 2.24. The van der Waals surface area contributed by atoms with Gasteiger partial charge in [0.15, 0.2) is 0 Å². The molecule has 1 atom stereocenters. The van der Waals surface area contributed by atoms with Gasteiger partial charge >= 0.3 is 12.1 Å². The summed E-state index contributed by atoms with van der Waals surface area (Å²) in [6, 6.07) is 8.76. The Labute approximate surface area is 219 Å². The number of alkyl halides is 2. The van der Waals surface area contributed by atoms with Crippen molar-refractivity contribution >= 4 is 29.6 Å². The summed E-state index contributed by atoms with van der Waals surface area (Å²) < 4.78 is 65.2. The molecule has 3 aromatic rings. The molecule has 1 heterocycles. The molecular weight excluding hydrogens is 534 g/mol. The number of anilines is 1. The van der Waals surface area contributed by atoms with Gasteiger partial charge in [-0.1, -0.05) is 41.0 Å². The van der Waals surface area contributed by atoms with E-state index < -0.39 is 55.3 Å². The van der Waals surface area contributed by atoms with Crippen molar-refractivity contribution in [3.05, 3.63) is 70.8 Å². The number of urea groups is 1. The second-order valence-electron chi connectivity index (χ2n) is 8.21. The summed E-state index contributed by atoms with van der Waals surface area (Å²) in [5.74, 6) is -4.68. The van der Waals surface area contributed by atoms with Gasteiger partial charge in [-0.2, -0.15) is 0 Å². The fourth-order valence-electron chi connectivity index (χ4n) is 3.31. The minimum absolute atomic E-state index is 0.142. The number of carbonyl (C=O) groups excluding carboxylic acids is 2. The molecule has 1 aromatic heterocycles. The third-order valence-corrected chi connectivity index (χ3v) is 5.85. The number of halogens is 5. The summed E-state index contributed by atoms with van der Waals surface area (Å²) in [5.41, 5.74) is 6.03. The molecule has 0 bridgehead atoms. The van der Waals surface area contributed by atoms with Gasteiger partial charge in [-0.05, 0) is 23.8 Å². The normalized spacial score (nSPS) is 12.1. The number of likely N-dealkylation sites (N-methyl/N-ethyl adjacent to an activating group) is 1. The van der Waals surface area contributed by atoms with Crippen LogP contribution in [0.4, 0.5) is 33.0 Å². The van der Waals surface area contributed by atoms with Crippen LogP contribution in [0.3, 0.4) is 0 Å². The second kappa shape index (κ2) is 12.6. The summed E-state index contributed by atoms with van der Waals surface area (Å²) in [7, 11) is 1.22. The molecule has 0 spiro atoms. The number of nitrogens with zero attached hydrogens (tertiary/aromatic N) is 2. The van der Waals surface area contributed by atoms with Crippen molar-refractivity contribution in [2.75, 3.05) is 25.5 Å². The summed E-state index contributed by atoms with van der Waals surface area (Å²) in [5, 5.41) is 8.23. The van der Waals surface area contributed by atoms with Crippen LogP contribution >= 0.6 is 11.6 Å². The van der Waals surface area contributed by atoms with Crippen LogP contribution in [0, 0.1) is 11.6 Å². The highest BCUT2D eigenvalue weighted by atomic mass is 35.5. The molecule has 0 saturated carbocycles. The summed E-state index contributed by atoms with van der Waals surface area (Å²) in [6.45, 7) is -1.80. The van der Waals surface area contributed by atoms with E-state index in [1.165, 1.54) is 43.4 Å². The first-order chi connectivity index (χ1) is 18.0. The molecule has 0 radical (unpaired) electrons. The zero-order valence-corrected chi connectivity index (χ0v) is 20.8. The lowest BCUT2D eigenvalue weighted by Crippen LogP contribution is -2.49. The Morgan fingerprint density at radius 3 is 2.66 bits per heavy atom. The number of nitrogens with one attached hydrogen (secondary N) is 2. The average molecular weight is 558 g/mol. The number of carbonyl (C=O) groups is 2. The highest BCUT2D eigenvalue weighted by molar-refractivity contribution is 6.31. The molecule has 2 aromatic carbocycles. The van der Waals surface area contributed by atoms with Gasteiger partial charge in [0.2, 0.25) is 5.88 Å². The van der Waals surface area contributed by atoms with Crippen LogP contribution in [-0.2, 0) is 11.3 Å². The molecule has 38 heavy (non-hydrogen) atoms. The summed E-state index contributed by atoms with van der Waals surface area (Å²) >= 11 is 5.87. The maximum absolute atomic E-state index is 14.1. The van der Waals surface area contributed by atoms with Crippen molar-refractivity contribution in [1.29, 1.82) is 0 Å². The van der Waals surface area contributed by atoms with Crippen molar-refractivity contribution in [3.8, 4) is 11.3 Å². The standard InChI is InChI=1S/C24H24ClF4N5O4/c1-34(22(35)31-11-15-5-3-7-18(27)21(15)25)17(10-24(28,29)13-30)12-37-23(36)32-20-9-19(33-38-20)14-4-2-6-16(26)8-14/h2-9,17H,10-13,30H2,1H3,(H,31,35)(H,32,36). The number of hydrogen-bond donors (Lipinski definition) is 3. The minimum atomic E-state index is -3.37. The maximum Gasteiger partial charge on any atom is 0.414 e. The van der Waals surface area contributed by atoms with Gasteiger partial charge in [-0.15, -0.1) is 0 Å². The van der Waals surface area contributed by atoms with Crippen molar-refractivity contribution in [2.24, 2.45) is 5.73 Å². The molecule has 0 saturated heterocycles. The molecule has 0 aliphatic carbocycles. The van der Waals surface area contributed by atoms with Crippen LogP contribution in [0.1, 0.15) is 12.0 Å². The molecule has 1 unspecified atom stereocenters. The van der Waals surface area contributed by atoms with Gasteiger partial charge in [-0.3, -0.25) is 5.32 Å². The maximum atomic E-state index is 14.1. The van der Waals surface area contributed by atoms with E-state index in [0.717, 1.165) is 11.0 Å². The Balaban J connectivity index is 1.61. The molecule has 3 amide bonds. The minimum Gasteiger partial charge on any atom is -0.447 e. The number of nitrogens with two attached hydrogens (primary N) is 1. The van der Waals surface area contributed by atoms with Crippen LogP contribution in [0.5, 0.6) is 0 Å². The molecule has 204 valence electrons. The predicted octanol–water partition coefficient (Wildman–Crippen LogP) is 5.02. The first kappa shape index (κ1) is 28.7. The zero-order valence-electron chi connectivity index (χ0n) is 20.0. The van der Waals surface area contributed by atoms with E-state index >= 15 is 0 Å². The number of benzene rings is 2. The fourth-order valence-corrected chi connectivity index (χ4v) is 3.50. The van der Waals surface area contributed by atoms with Crippen molar-refractivity contribution in [3.63, 3.8) is 0 Å². The topological polar surface area (TPSA) is 123 Å². The first-order valence-corrected chi connectivity index (χ1v) is 11.5. The molecule has 0 fully saturated rings. The number of aromatic nitrogens is 1. The lowest BCUT2D eigenvalue weighted by Gasteiger charge is -2.30. The summed E-state index contributed by atoms with van der Waals surface area (Å²) in [6.07, 6.45) is -1.98. The van der Waals surface area contributed by atoms with Crippen molar-refractivity contribution in [1.82, 2.24) is 15.4 Å². The Morgan fingerprint density at radius 1 is 1.21 bits per heavy atom. The molecule has 14 heteroatoms. The SMILES string of the molecule is CN(C(=O)NCc1cccc(F)c1Cl)C(COC(=O)Nc1cc(-c2cccc(F)c2)no1)CC(F)(F)CN. The van der Waals surface area contributed by atoms with Crippen LogP contribution in [0.15, 0.2) is 53.1 Å². The van der Waals surface area contributed by atoms with Gasteiger partial charge in [0.1, 0.15) is 23.9 Å². The summed E-state index contributed by atoms with van der Waals surface area (Å²) in [4.78, 5) is 25.8. The average Bonchev–Trinajstić information content (AvgIpc) is 3.35. The Morgan fingerprint density at radius 2 is 1.95 bits per heavy atom. The lowest BCUT2D eigenvalue weighted by atomic mass is 10.1. The number of amides is 3.